The molecule has 2 amide bonds. The SMILES string of the molecule is CC(CCNC(=O)C1CCN(Cc2csc(N3CCNCC3)n2)CC1)CC(=O)NCC#N. The maximum absolute atomic E-state index is 12.5. The molecule has 2 saturated heterocycles. The van der Waals surface area contributed by atoms with Crippen LogP contribution in [0.2, 0.25) is 0 Å². The smallest absolute Gasteiger partial charge is 0.223 e. The summed E-state index contributed by atoms with van der Waals surface area (Å²) in [5, 5.41) is 20.7. The second-order valence-corrected chi connectivity index (χ2v) is 9.57. The zero-order valence-electron chi connectivity index (χ0n) is 18.9. The molecule has 32 heavy (non-hydrogen) atoms. The highest BCUT2D eigenvalue weighted by molar-refractivity contribution is 7.13. The average Bonchev–Trinajstić information content (AvgIpc) is 3.27. The Kier molecular flexibility index (Phi) is 9.71. The van der Waals surface area contributed by atoms with Gasteiger partial charge in [0.2, 0.25) is 11.8 Å². The van der Waals surface area contributed by atoms with Crippen molar-refractivity contribution in [1.82, 2.24) is 25.8 Å². The van der Waals surface area contributed by atoms with Crippen LogP contribution < -0.4 is 20.9 Å². The number of thiazole rings is 1. The molecule has 2 aliphatic rings. The molecule has 176 valence electrons. The first-order chi connectivity index (χ1) is 15.5. The quantitative estimate of drug-likeness (QED) is 0.444. The van der Waals surface area contributed by atoms with Crippen LogP contribution in [0, 0.1) is 23.2 Å². The lowest BCUT2D eigenvalue weighted by Gasteiger charge is -2.31. The Morgan fingerprint density at radius 1 is 1.28 bits per heavy atom. The van der Waals surface area contributed by atoms with Crippen molar-refractivity contribution in [3.63, 3.8) is 0 Å². The molecule has 1 aromatic rings. The van der Waals surface area contributed by atoms with Gasteiger partial charge in [-0.3, -0.25) is 14.5 Å². The summed E-state index contributed by atoms with van der Waals surface area (Å²) >= 11 is 1.73. The maximum Gasteiger partial charge on any atom is 0.223 e. The lowest BCUT2D eigenvalue weighted by molar-refractivity contribution is -0.126. The summed E-state index contributed by atoms with van der Waals surface area (Å²) in [6, 6.07) is 1.90. The fraction of sp³-hybridized carbons (Fsp3) is 0.727. The zero-order valence-corrected chi connectivity index (χ0v) is 19.8. The van der Waals surface area contributed by atoms with Gasteiger partial charge in [-0.15, -0.1) is 11.3 Å². The number of aromatic nitrogens is 1. The van der Waals surface area contributed by atoms with Crippen molar-refractivity contribution in [2.75, 3.05) is 57.3 Å². The van der Waals surface area contributed by atoms with Crippen LogP contribution in [-0.4, -0.2) is 74.1 Å². The van der Waals surface area contributed by atoms with Crippen LogP contribution in [0.5, 0.6) is 0 Å². The van der Waals surface area contributed by atoms with Gasteiger partial charge in [0, 0.05) is 57.0 Å². The molecule has 2 fully saturated rings. The first-order valence-electron chi connectivity index (χ1n) is 11.6. The molecule has 3 N–H and O–H groups in total. The second-order valence-electron chi connectivity index (χ2n) is 8.73. The molecular formula is C22H35N7O2S. The lowest BCUT2D eigenvalue weighted by Crippen LogP contribution is -2.43. The maximum atomic E-state index is 12.5. The number of piperidine rings is 1. The van der Waals surface area contributed by atoms with Crippen molar-refractivity contribution in [3.05, 3.63) is 11.1 Å². The minimum absolute atomic E-state index is 0.0424. The highest BCUT2D eigenvalue weighted by atomic mass is 32.1. The van der Waals surface area contributed by atoms with E-state index in [-0.39, 0.29) is 30.2 Å². The van der Waals surface area contributed by atoms with Crippen molar-refractivity contribution < 1.29 is 9.59 Å². The lowest BCUT2D eigenvalue weighted by atomic mass is 9.95. The van der Waals surface area contributed by atoms with Gasteiger partial charge in [-0.1, -0.05) is 6.92 Å². The van der Waals surface area contributed by atoms with E-state index in [9.17, 15) is 9.59 Å². The van der Waals surface area contributed by atoms with E-state index in [2.05, 4.69) is 31.1 Å². The molecule has 10 heteroatoms. The number of likely N-dealkylation sites (tertiary alicyclic amines) is 1. The van der Waals surface area contributed by atoms with Gasteiger partial charge in [0.1, 0.15) is 6.54 Å². The monoisotopic (exact) mass is 461 g/mol. The van der Waals surface area contributed by atoms with Gasteiger partial charge < -0.3 is 20.9 Å². The van der Waals surface area contributed by atoms with Gasteiger partial charge in [-0.05, 0) is 38.3 Å². The third-order valence-electron chi connectivity index (χ3n) is 6.11. The number of amides is 2. The molecule has 3 rings (SSSR count). The number of anilines is 1. The van der Waals surface area contributed by atoms with E-state index in [0.717, 1.165) is 75.9 Å². The van der Waals surface area contributed by atoms with Crippen LogP contribution >= 0.6 is 11.3 Å². The zero-order chi connectivity index (χ0) is 22.8. The van der Waals surface area contributed by atoms with Crippen molar-refractivity contribution in [1.29, 1.82) is 5.26 Å². The molecule has 0 radical (unpaired) electrons. The van der Waals surface area contributed by atoms with E-state index in [1.807, 2.05) is 13.0 Å². The van der Waals surface area contributed by atoms with Gasteiger partial charge in [0.05, 0.1) is 11.8 Å². The van der Waals surface area contributed by atoms with Crippen LogP contribution in [0.1, 0.15) is 38.3 Å². The van der Waals surface area contributed by atoms with Crippen molar-refractivity contribution in [3.8, 4) is 6.07 Å². The standard InChI is InChI=1S/C22H35N7O2S/c1-17(14-20(30)25-7-5-23)2-6-26-21(31)18-3-10-28(11-4-18)15-19-16-32-22(27-19)29-12-8-24-9-13-29/h16-18,24H,2-4,6-15H2,1H3,(H,25,30)(H,26,31). The van der Waals surface area contributed by atoms with Crippen LogP contribution in [0.25, 0.3) is 0 Å². The Morgan fingerprint density at radius 2 is 2.03 bits per heavy atom. The molecule has 3 heterocycles. The third-order valence-corrected chi connectivity index (χ3v) is 7.06. The second kappa shape index (κ2) is 12.7. The summed E-state index contributed by atoms with van der Waals surface area (Å²) in [5.41, 5.74) is 1.12. The van der Waals surface area contributed by atoms with Crippen molar-refractivity contribution >= 4 is 28.3 Å². The molecule has 0 spiro atoms. The third kappa shape index (κ3) is 7.73. The molecule has 0 saturated carbocycles. The van der Waals surface area contributed by atoms with E-state index in [1.165, 1.54) is 0 Å². The summed E-state index contributed by atoms with van der Waals surface area (Å²) in [6.07, 6.45) is 2.87. The summed E-state index contributed by atoms with van der Waals surface area (Å²) < 4.78 is 0. The molecule has 0 bridgehead atoms. The van der Waals surface area contributed by atoms with Gasteiger partial charge >= 0.3 is 0 Å². The number of rotatable bonds is 10. The molecule has 1 aromatic heterocycles. The Balaban J connectivity index is 1.31. The molecule has 1 atom stereocenters. The minimum atomic E-state index is -0.113. The highest BCUT2D eigenvalue weighted by Gasteiger charge is 2.25. The molecule has 1 unspecified atom stereocenters. The number of carbonyl (C=O) groups excluding carboxylic acids is 2. The topological polar surface area (TPSA) is 113 Å². The largest absolute Gasteiger partial charge is 0.356 e. The number of hydrogen-bond acceptors (Lipinski definition) is 8. The van der Waals surface area contributed by atoms with Crippen molar-refractivity contribution in [2.45, 2.75) is 39.2 Å². The molecule has 0 aromatic carbocycles. The van der Waals surface area contributed by atoms with Gasteiger partial charge in [0.25, 0.3) is 0 Å². The first kappa shape index (κ1) is 24.4. The van der Waals surface area contributed by atoms with Crippen LogP contribution in [0.3, 0.4) is 0 Å². The molecule has 9 nitrogen and oxygen atoms in total. The number of nitriles is 1. The van der Waals surface area contributed by atoms with E-state index >= 15 is 0 Å². The van der Waals surface area contributed by atoms with E-state index < -0.39 is 0 Å². The predicted molar refractivity (Wildman–Crippen MR) is 125 cm³/mol. The van der Waals surface area contributed by atoms with Gasteiger partial charge in [0.15, 0.2) is 5.13 Å². The summed E-state index contributed by atoms with van der Waals surface area (Å²) in [4.78, 5) is 33.7. The van der Waals surface area contributed by atoms with Gasteiger partial charge in [-0.25, -0.2) is 4.98 Å². The van der Waals surface area contributed by atoms with E-state index in [0.29, 0.717) is 13.0 Å². The number of carbonyl (C=O) groups is 2. The number of hydrogen-bond donors (Lipinski definition) is 3. The summed E-state index contributed by atoms with van der Waals surface area (Å²) in [5.74, 6) is 0.241. The first-order valence-corrected chi connectivity index (χ1v) is 12.5. The molecule has 2 aliphatic heterocycles. The molecular weight excluding hydrogens is 426 g/mol. The van der Waals surface area contributed by atoms with Crippen molar-refractivity contribution in [2.24, 2.45) is 11.8 Å². The number of nitrogens with zero attached hydrogens (tertiary/aromatic N) is 4. The van der Waals surface area contributed by atoms with Crippen LogP contribution in [0.15, 0.2) is 5.38 Å². The van der Waals surface area contributed by atoms with Gasteiger partial charge in [-0.2, -0.15) is 5.26 Å². The molecule has 0 aliphatic carbocycles. The Hall–Kier alpha value is -2.22. The number of piperazine rings is 1. The summed E-state index contributed by atoms with van der Waals surface area (Å²) in [6.45, 7) is 9.34. The van der Waals surface area contributed by atoms with Crippen LogP contribution in [-0.2, 0) is 16.1 Å². The fourth-order valence-electron chi connectivity index (χ4n) is 4.17. The number of nitrogens with one attached hydrogen (secondary N) is 3. The van der Waals surface area contributed by atoms with E-state index in [4.69, 9.17) is 10.2 Å². The Labute approximate surface area is 194 Å². The highest BCUT2D eigenvalue weighted by Crippen LogP contribution is 2.24. The summed E-state index contributed by atoms with van der Waals surface area (Å²) in [7, 11) is 0. The minimum Gasteiger partial charge on any atom is -0.356 e. The van der Waals surface area contributed by atoms with Crippen LogP contribution in [0.4, 0.5) is 5.13 Å². The normalized spacial score (nSPS) is 18.7. The Bertz CT molecular complexity index is 779. The Morgan fingerprint density at radius 3 is 2.75 bits per heavy atom. The predicted octanol–water partition coefficient (Wildman–Crippen LogP) is 0.937. The average molecular weight is 462 g/mol. The van der Waals surface area contributed by atoms with E-state index in [1.54, 1.807) is 11.3 Å². The fourth-order valence-corrected chi connectivity index (χ4v) is 5.04.